The highest BCUT2D eigenvalue weighted by Gasteiger charge is 2.10. The van der Waals surface area contributed by atoms with Gasteiger partial charge in [0.2, 0.25) is 0 Å². The summed E-state index contributed by atoms with van der Waals surface area (Å²) >= 11 is 3.36. The van der Waals surface area contributed by atoms with Crippen LogP contribution in [-0.2, 0) is 6.61 Å². The van der Waals surface area contributed by atoms with Crippen molar-refractivity contribution in [3.8, 4) is 11.8 Å². The molecule has 0 bridgehead atoms. The van der Waals surface area contributed by atoms with Gasteiger partial charge in [0.15, 0.2) is 5.78 Å². The molecule has 0 N–H and O–H groups in total. The summed E-state index contributed by atoms with van der Waals surface area (Å²) in [4.78, 5) is 11.6. The average molecular weight is 330 g/mol. The first-order valence-electron chi connectivity index (χ1n) is 6.03. The lowest BCUT2D eigenvalue weighted by molar-refractivity contribution is 0.101. The van der Waals surface area contributed by atoms with Gasteiger partial charge in [-0.15, -0.1) is 0 Å². The van der Waals surface area contributed by atoms with Crippen molar-refractivity contribution in [3.63, 3.8) is 0 Å². The molecule has 0 aliphatic carbocycles. The van der Waals surface area contributed by atoms with Gasteiger partial charge in [-0.05, 0) is 31.2 Å². The molecule has 0 heterocycles. The van der Waals surface area contributed by atoms with E-state index in [1.54, 1.807) is 24.3 Å². The fourth-order valence-corrected chi connectivity index (χ4v) is 2.16. The Morgan fingerprint density at radius 2 is 2.05 bits per heavy atom. The number of carbonyl (C=O) groups excluding carboxylic acids is 1. The van der Waals surface area contributed by atoms with Crippen molar-refractivity contribution in [1.29, 1.82) is 5.26 Å². The van der Waals surface area contributed by atoms with Crippen molar-refractivity contribution in [2.45, 2.75) is 13.5 Å². The van der Waals surface area contributed by atoms with Crippen LogP contribution in [0.3, 0.4) is 0 Å². The minimum atomic E-state index is -0.0546. The molecule has 2 aromatic carbocycles. The Balaban J connectivity index is 2.25. The number of ketones is 1. The first-order chi connectivity index (χ1) is 9.61. The topological polar surface area (TPSA) is 50.1 Å². The van der Waals surface area contributed by atoms with Crippen LogP contribution in [-0.4, -0.2) is 5.78 Å². The van der Waals surface area contributed by atoms with Crippen molar-refractivity contribution in [2.75, 3.05) is 0 Å². The van der Waals surface area contributed by atoms with E-state index in [2.05, 4.69) is 22.0 Å². The summed E-state index contributed by atoms with van der Waals surface area (Å²) < 4.78 is 6.54. The molecule has 20 heavy (non-hydrogen) atoms. The van der Waals surface area contributed by atoms with Crippen LogP contribution in [0.15, 0.2) is 46.9 Å². The van der Waals surface area contributed by atoms with Crippen LogP contribution >= 0.6 is 15.9 Å². The van der Waals surface area contributed by atoms with Gasteiger partial charge < -0.3 is 4.74 Å². The third-order valence-corrected chi connectivity index (χ3v) is 3.34. The zero-order chi connectivity index (χ0) is 14.5. The SMILES string of the molecule is CC(=O)c1ccc(Br)cc1OCc1ccccc1C#N. The van der Waals surface area contributed by atoms with Crippen molar-refractivity contribution in [2.24, 2.45) is 0 Å². The van der Waals surface area contributed by atoms with E-state index in [0.29, 0.717) is 16.9 Å². The van der Waals surface area contributed by atoms with Crippen molar-refractivity contribution < 1.29 is 9.53 Å². The van der Waals surface area contributed by atoms with E-state index in [0.717, 1.165) is 10.0 Å². The molecule has 3 nitrogen and oxygen atoms in total. The predicted octanol–water partition coefficient (Wildman–Crippen LogP) is 4.10. The number of Topliss-reactive ketones (excluding diaryl/α,β-unsaturated/α-hetero) is 1. The average Bonchev–Trinajstić information content (AvgIpc) is 2.45. The molecule has 0 saturated carbocycles. The van der Waals surface area contributed by atoms with E-state index in [1.165, 1.54) is 6.92 Å². The van der Waals surface area contributed by atoms with Gasteiger partial charge in [0.1, 0.15) is 12.4 Å². The van der Waals surface area contributed by atoms with Crippen LogP contribution in [0, 0.1) is 11.3 Å². The summed E-state index contributed by atoms with van der Waals surface area (Å²) in [5.41, 5.74) is 1.90. The molecule has 0 unspecified atom stereocenters. The lowest BCUT2D eigenvalue weighted by atomic mass is 10.1. The maximum atomic E-state index is 11.6. The Morgan fingerprint density at radius 3 is 2.75 bits per heavy atom. The summed E-state index contributed by atoms with van der Waals surface area (Å²) in [6, 6.07) is 14.6. The monoisotopic (exact) mass is 329 g/mol. The minimum absolute atomic E-state index is 0.0546. The second-order valence-corrected chi connectivity index (χ2v) is 5.17. The predicted molar refractivity (Wildman–Crippen MR) is 79.6 cm³/mol. The standard InChI is InChI=1S/C16H12BrNO2/c1-11(19)15-7-6-14(17)8-16(15)20-10-13-5-3-2-4-12(13)9-18/h2-8H,10H2,1H3. The van der Waals surface area contributed by atoms with Gasteiger partial charge >= 0.3 is 0 Å². The Hall–Kier alpha value is -2.12. The Morgan fingerprint density at radius 1 is 1.30 bits per heavy atom. The van der Waals surface area contributed by atoms with Crippen molar-refractivity contribution in [1.82, 2.24) is 0 Å². The highest BCUT2D eigenvalue weighted by atomic mass is 79.9. The summed E-state index contributed by atoms with van der Waals surface area (Å²) in [6.45, 7) is 1.75. The maximum absolute atomic E-state index is 11.6. The quantitative estimate of drug-likeness (QED) is 0.793. The number of hydrogen-bond acceptors (Lipinski definition) is 3. The van der Waals surface area contributed by atoms with E-state index >= 15 is 0 Å². The number of hydrogen-bond donors (Lipinski definition) is 0. The van der Waals surface area contributed by atoms with Crippen molar-refractivity contribution >= 4 is 21.7 Å². The molecule has 2 aromatic rings. The second kappa shape index (κ2) is 6.36. The van der Waals surface area contributed by atoms with Gasteiger partial charge in [-0.2, -0.15) is 5.26 Å². The van der Waals surface area contributed by atoms with Crippen LogP contribution in [0.4, 0.5) is 0 Å². The molecule has 0 saturated heterocycles. The Bertz CT molecular complexity index is 689. The number of ether oxygens (including phenoxy) is 1. The molecule has 0 aliphatic heterocycles. The fourth-order valence-electron chi connectivity index (χ4n) is 1.82. The number of halogens is 1. The van der Waals surface area contributed by atoms with E-state index < -0.39 is 0 Å². The van der Waals surface area contributed by atoms with Gasteiger partial charge in [0.25, 0.3) is 0 Å². The number of nitriles is 1. The van der Waals surface area contributed by atoms with Gasteiger partial charge in [-0.25, -0.2) is 0 Å². The smallest absolute Gasteiger partial charge is 0.163 e. The molecule has 0 aliphatic rings. The summed E-state index contributed by atoms with van der Waals surface area (Å²) in [5, 5.41) is 9.04. The zero-order valence-corrected chi connectivity index (χ0v) is 12.5. The van der Waals surface area contributed by atoms with Gasteiger partial charge in [0, 0.05) is 10.0 Å². The van der Waals surface area contributed by atoms with Gasteiger partial charge in [-0.1, -0.05) is 34.1 Å². The third-order valence-electron chi connectivity index (χ3n) is 2.84. The third kappa shape index (κ3) is 3.25. The van der Waals surface area contributed by atoms with Gasteiger partial charge in [0.05, 0.1) is 17.2 Å². The molecule has 0 aromatic heterocycles. The first-order valence-corrected chi connectivity index (χ1v) is 6.82. The molecule has 4 heteroatoms. The number of nitrogens with zero attached hydrogens (tertiary/aromatic N) is 1. The lowest BCUT2D eigenvalue weighted by Crippen LogP contribution is -2.03. The highest BCUT2D eigenvalue weighted by molar-refractivity contribution is 9.10. The van der Waals surface area contributed by atoms with E-state index in [1.807, 2.05) is 18.2 Å². The molecule has 0 radical (unpaired) electrons. The zero-order valence-electron chi connectivity index (χ0n) is 10.9. The summed E-state index contributed by atoms with van der Waals surface area (Å²) in [7, 11) is 0. The minimum Gasteiger partial charge on any atom is -0.488 e. The van der Waals surface area contributed by atoms with E-state index in [9.17, 15) is 4.79 Å². The van der Waals surface area contributed by atoms with Crippen LogP contribution in [0.5, 0.6) is 5.75 Å². The first kappa shape index (κ1) is 14.3. The molecule has 100 valence electrons. The summed E-state index contributed by atoms with van der Waals surface area (Å²) in [6.07, 6.45) is 0. The van der Waals surface area contributed by atoms with Crippen LogP contribution in [0.25, 0.3) is 0 Å². The van der Waals surface area contributed by atoms with Crippen LogP contribution in [0.2, 0.25) is 0 Å². The Labute approximate surface area is 125 Å². The van der Waals surface area contributed by atoms with Crippen LogP contribution in [0.1, 0.15) is 28.4 Å². The largest absolute Gasteiger partial charge is 0.488 e. The molecule has 0 atom stereocenters. The maximum Gasteiger partial charge on any atom is 0.163 e. The Kier molecular flexibility index (Phi) is 4.54. The molecule has 2 rings (SSSR count). The molecule has 0 spiro atoms. The second-order valence-electron chi connectivity index (χ2n) is 4.25. The number of carbonyl (C=O) groups is 1. The fraction of sp³-hybridized carbons (Fsp3) is 0.125. The molecular weight excluding hydrogens is 318 g/mol. The molecule has 0 fully saturated rings. The molecule has 0 amide bonds. The highest BCUT2D eigenvalue weighted by Crippen LogP contribution is 2.25. The lowest BCUT2D eigenvalue weighted by Gasteiger charge is -2.11. The van der Waals surface area contributed by atoms with Crippen molar-refractivity contribution in [3.05, 3.63) is 63.6 Å². The normalized spacial score (nSPS) is 9.85. The number of rotatable bonds is 4. The molecular formula is C16H12BrNO2. The number of benzene rings is 2. The van der Waals surface area contributed by atoms with Crippen LogP contribution < -0.4 is 4.74 Å². The summed E-state index contributed by atoms with van der Waals surface area (Å²) in [5.74, 6) is 0.459. The van der Waals surface area contributed by atoms with E-state index in [4.69, 9.17) is 10.00 Å². The van der Waals surface area contributed by atoms with Gasteiger partial charge in [-0.3, -0.25) is 4.79 Å². The van der Waals surface area contributed by atoms with E-state index in [-0.39, 0.29) is 12.4 Å².